The van der Waals surface area contributed by atoms with Gasteiger partial charge in [-0.15, -0.1) is 0 Å². The zero-order chi connectivity index (χ0) is 29.6. The van der Waals surface area contributed by atoms with E-state index in [1.165, 1.54) is 35.2 Å². The molecule has 2 unspecified atom stereocenters. The van der Waals surface area contributed by atoms with Gasteiger partial charge in [0, 0.05) is 27.1 Å². The molecular formula is C29H32BrCl2N3O4S. The number of nitrogens with zero attached hydrogens (tertiary/aromatic N) is 2. The Morgan fingerprint density at radius 2 is 1.60 bits per heavy atom. The highest BCUT2D eigenvalue weighted by molar-refractivity contribution is 9.10. The lowest BCUT2D eigenvalue weighted by Gasteiger charge is -2.32. The van der Waals surface area contributed by atoms with Crippen molar-refractivity contribution in [1.82, 2.24) is 10.2 Å². The Morgan fingerprint density at radius 3 is 2.17 bits per heavy atom. The molecule has 3 aromatic rings. The quantitative estimate of drug-likeness (QED) is 0.250. The Morgan fingerprint density at radius 1 is 0.975 bits per heavy atom. The maximum atomic E-state index is 14.0. The first-order valence-corrected chi connectivity index (χ1v) is 15.7. The Bertz CT molecular complexity index is 1450. The smallest absolute Gasteiger partial charge is 0.264 e. The molecule has 3 rings (SSSR count). The van der Waals surface area contributed by atoms with Crippen molar-refractivity contribution in [3.63, 3.8) is 0 Å². The standard InChI is InChI=1S/C29H32BrCl2N3O4S/c1-5-20(3)33-29(37)21(4)34(17-22-7-6-8-23(30)13-22)28(36)18-35(26-15-24(31)14-25(32)16-26)40(38,39)27-11-9-19(2)10-12-27/h6-16,20-21H,5,17-18H2,1-4H3,(H,33,37). The average Bonchev–Trinajstić information content (AvgIpc) is 2.89. The number of nitrogens with one attached hydrogen (secondary N) is 1. The number of hydrogen-bond donors (Lipinski definition) is 1. The number of sulfonamides is 1. The van der Waals surface area contributed by atoms with Crippen molar-refractivity contribution in [1.29, 1.82) is 0 Å². The minimum atomic E-state index is -4.22. The van der Waals surface area contributed by atoms with E-state index in [0.29, 0.717) is 0 Å². The van der Waals surface area contributed by atoms with Gasteiger partial charge in [0.05, 0.1) is 10.6 Å². The van der Waals surface area contributed by atoms with Crippen LogP contribution in [0.1, 0.15) is 38.3 Å². The summed E-state index contributed by atoms with van der Waals surface area (Å²) >= 11 is 15.9. The number of carbonyl (C=O) groups excluding carboxylic acids is 2. The molecule has 2 amide bonds. The van der Waals surface area contributed by atoms with E-state index in [0.717, 1.165) is 26.3 Å². The van der Waals surface area contributed by atoms with Crippen molar-refractivity contribution in [3.05, 3.63) is 92.4 Å². The SMILES string of the molecule is CCC(C)NC(=O)C(C)N(Cc1cccc(Br)c1)C(=O)CN(c1cc(Cl)cc(Cl)c1)S(=O)(=O)c1ccc(C)cc1. The molecule has 7 nitrogen and oxygen atoms in total. The number of carbonyl (C=O) groups is 2. The molecule has 1 N–H and O–H groups in total. The molecule has 40 heavy (non-hydrogen) atoms. The number of rotatable bonds is 11. The predicted octanol–water partition coefficient (Wildman–Crippen LogP) is 6.59. The summed E-state index contributed by atoms with van der Waals surface area (Å²) in [6.07, 6.45) is 0.718. The predicted molar refractivity (Wildman–Crippen MR) is 164 cm³/mol. The molecule has 0 saturated heterocycles. The topological polar surface area (TPSA) is 86.8 Å². The van der Waals surface area contributed by atoms with Crippen molar-refractivity contribution < 1.29 is 18.0 Å². The third-order valence-corrected chi connectivity index (χ3v) is 9.15. The van der Waals surface area contributed by atoms with Crippen molar-refractivity contribution in [2.75, 3.05) is 10.8 Å². The van der Waals surface area contributed by atoms with Gasteiger partial charge >= 0.3 is 0 Å². The number of benzene rings is 3. The first-order valence-electron chi connectivity index (χ1n) is 12.7. The molecule has 11 heteroatoms. The molecule has 0 aliphatic carbocycles. The van der Waals surface area contributed by atoms with Gasteiger partial charge in [-0.2, -0.15) is 0 Å². The zero-order valence-corrected chi connectivity index (χ0v) is 26.6. The van der Waals surface area contributed by atoms with Crippen LogP contribution < -0.4 is 9.62 Å². The van der Waals surface area contributed by atoms with Gasteiger partial charge in [-0.1, -0.05) is 75.9 Å². The van der Waals surface area contributed by atoms with E-state index in [4.69, 9.17) is 23.2 Å². The van der Waals surface area contributed by atoms with Crippen LogP contribution in [0.15, 0.2) is 76.1 Å². The molecule has 0 aliphatic rings. The number of amides is 2. The van der Waals surface area contributed by atoms with Crippen LogP contribution in [0.2, 0.25) is 10.0 Å². The second kappa shape index (κ2) is 13.9. The first-order chi connectivity index (χ1) is 18.8. The maximum absolute atomic E-state index is 14.0. The van der Waals surface area contributed by atoms with Gasteiger partial charge in [0.25, 0.3) is 10.0 Å². The molecule has 0 spiro atoms. The fraction of sp³-hybridized carbons (Fsp3) is 0.310. The third kappa shape index (κ3) is 8.22. The van der Waals surface area contributed by atoms with Crippen LogP contribution in [0.4, 0.5) is 5.69 Å². The van der Waals surface area contributed by atoms with Crippen LogP contribution in [0.3, 0.4) is 0 Å². The highest BCUT2D eigenvalue weighted by Crippen LogP contribution is 2.30. The fourth-order valence-corrected chi connectivity index (χ4v) is 6.29. The zero-order valence-electron chi connectivity index (χ0n) is 22.7. The molecule has 214 valence electrons. The Balaban J connectivity index is 2.06. The second-order valence-corrected chi connectivity index (χ2v) is 13.2. The van der Waals surface area contributed by atoms with E-state index < -0.39 is 28.5 Å². The van der Waals surface area contributed by atoms with Crippen LogP contribution in [0.5, 0.6) is 0 Å². The lowest BCUT2D eigenvalue weighted by atomic mass is 10.1. The summed E-state index contributed by atoms with van der Waals surface area (Å²) < 4.78 is 29.6. The summed E-state index contributed by atoms with van der Waals surface area (Å²) in [6, 6.07) is 17.1. The van der Waals surface area contributed by atoms with Gasteiger partial charge in [-0.25, -0.2) is 8.42 Å². The van der Waals surface area contributed by atoms with E-state index in [1.54, 1.807) is 19.1 Å². The summed E-state index contributed by atoms with van der Waals surface area (Å²) in [5, 5.41) is 3.34. The van der Waals surface area contributed by atoms with Crippen molar-refractivity contribution in [2.24, 2.45) is 0 Å². The summed E-state index contributed by atoms with van der Waals surface area (Å²) in [4.78, 5) is 28.5. The number of halogens is 3. The van der Waals surface area contributed by atoms with Gasteiger partial charge in [-0.3, -0.25) is 13.9 Å². The van der Waals surface area contributed by atoms with Crippen molar-refractivity contribution in [2.45, 2.75) is 57.6 Å². The van der Waals surface area contributed by atoms with Crippen LogP contribution in [-0.2, 0) is 26.2 Å². The normalized spacial score (nSPS) is 12.9. The molecule has 0 bridgehead atoms. The number of aryl methyl sites for hydroxylation is 1. The minimum Gasteiger partial charge on any atom is -0.352 e. The van der Waals surface area contributed by atoms with Crippen molar-refractivity contribution >= 4 is 66.7 Å². The van der Waals surface area contributed by atoms with Crippen LogP contribution in [0, 0.1) is 6.92 Å². The summed E-state index contributed by atoms with van der Waals surface area (Å²) in [5.74, 6) is -0.907. The van der Waals surface area contributed by atoms with E-state index in [1.807, 2.05) is 45.0 Å². The van der Waals surface area contributed by atoms with Gasteiger partial charge in [-0.05, 0) is 75.2 Å². The van der Waals surface area contributed by atoms with E-state index in [-0.39, 0.29) is 39.1 Å². The fourth-order valence-electron chi connectivity index (χ4n) is 3.93. The lowest BCUT2D eigenvalue weighted by molar-refractivity contribution is -0.139. The van der Waals surface area contributed by atoms with E-state index in [2.05, 4.69) is 21.2 Å². The first kappa shape index (κ1) is 31.9. The van der Waals surface area contributed by atoms with Crippen molar-refractivity contribution in [3.8, 4) is 0 Å². The molecule has 2 atom stereocenters. The van der Waals surface area contributed by atoms with E-state index >= 15 is 0 Å². The molecular weight excluding hydrogens is 637 g/mol. The lowest BCUT2D eigenvalue weighted by Crippen LogP contribution is -2.52. The minimum absolute atomic E-state index is 0.00287. The Hall–Kier alpha value is -2.59. The summed E-state index contributed by atoms with van der Waals surface area (Å²) in [5.41, 5.74) is 1.78. The molecule has 3 aromatic carbocycles. The highest BCUT2D eigenvalue weighted by atomic mass is 79.9. The van der Waals surface area contributed by atoms with E-state index in [9.17, 15) is 18.0 Å². The Kier molecular flexibility index (Phi) is 11.1. The maximum Gasteiger partial charge on any atom is 0.264 e. The van der Waals surface area contributed by atoms with Crippen LogP contribution in [0.25, 0.3) is 0 Å². The monoisotopic (exact) mass is 667 g/mol. The van der Waals surface area contributed by atoms with Crippen LogP contribution >= 0.6 is 39.1 Å². The third-order valence-electron chi connectivity index (χ3n) is 6.43. The average molecular weight is 669 g/mol. The molecule has 0 aliphatic heterocycles. The highest BCUT2D eigenvalue weighted by Gasteiger charge is 2.33. The van der Waals surface area contributed by atoms with Gasteiger partial charge < -0.3 is 10.2 Å². The van der Waals surface area contributed by atoms with Crippen LogP contribution in [-0.4, -0.2) is 43.8 Å². The largest absolute Gasteiger partial charge is 0.352 e. The molecule has 0 saturated carbocycles. The molecule has 0 fully saturated rings. The van der Waals surface area contributed by atoms with Gasteiger partial charge in [0.2, 0.25) is 11.8 Å². The number of hydrogen-bond acceptors (Lipinski definition) is 4. The van der Waals surface area contributed by atoms with Gasteiger partial charge in [0.15, 0.2) is 0 Å². The molecule has 0 radical (unpaired) electrons. The number of anilines is 1. The summed E-state index contributed by atoms with van der Waals surface area (Å²) in [7, 11) is -4.22. The molecule has 0 aromatic heterocycles. The second-order valence-electron chi connectivity index (χ2n) is 9.60. The Labute approximate surface area is 254 Å². The summed E-state index contributed by atoms with van der Waals surface area (Å²) in [6.45, 7) is 6.81. The van der Waals surface area contributed by atoms with Gasteiger partial charge in [0.1, 0.15) is 12.6 Å². The molecule has 0 heterocycles.